The van der Waals surface area contributed by atoms with Crippen LogP contribution in [0.15, 0.2) is 72.3 Å². The lowest BCUT2D eigenvalue weighted by atomic mass is 9.99. The number of H-pyrrole nitrogens is 1. The number of aryl methyl sites for hydroxylation is 1. The molecule has 0 spiro atoms. The summed E-state index contributed by atoms with van der Waals surface area (Å²) in [5.41, 5.74) is 3.03. The number of hydrogen-bond acceptors (Lipinski definition) is 5. The molecule has 0 aliphatic heterocycles. The van der Waals surface area contributed by atoms with Crippen molar-refractivity contribution in [1.29, 1.82) is 5.26 Å². The van der Waals surface area contributed by atoms with Gasteiger partial charge in [0.25, 0.3) is 5.91 Å². The van der Waals surface area contributed by atoms with Crippen molar-refractivity contribution < 1.29 is 19.1 Å². The molecule has 0 unspecified atom stereocenters. The monoisotopic (exact) mass is 499 g/mol. The van der Waals surface area contributed by atoms with Gasteiger partial charge in [0.2, 0.25) is 5.78 Å². The van der Waals surface area contributed by atoms with Gasteiger partial charge in [-0.15, -0.1) is 0 Å². The molecule has 36 heavy (non-hydrogen) atoms. The number of carbonyl (C=O) groups excluding carboxylic acids is 2. The van der Waals surface area contributed by atoms with E-state index in [1.807, 2.05) is 30.3 Å². The highest BCUT2D eigenvalue weighted by atomic mass is 35.5. The fraction of sp³-hybridized carbons (Fsp3) is 0.107. The largest absolute Gasteiger partial charge is 0.493 e. The van der Waals surface area contributed by atoms with Gasteiger partial charge in [0.1, 0.15) is 11.6 Å². The second kappa shape index (κ2) is 10.8. The molecule has 2 N–H and O–H groups in total. The van der Waals surface area contributed by atoms with Crippen molar-refractivity contribution in [2.24, 2.45) is 0 Å². The number of allylic oxidation sites excluding steroid dienone is 1. The number of para-hydroxylation sites is 2. The number of Topliss-reactive ketones (excluding diaryl/α,β-unsaturated/α-hetero) is 1. The number of aromatic nitrogens is 1. The van der Waals surface area contributed by atoms with Crippen molar-refractivity contribution in [3.05, 3.63) is 94.1 Å². The number of amides is 1. The smallest absolute Gasteiger partial charge is 0.262 e. The number of nitrogens with zero attached hydrogens (tertiary/aromatic N) is 1. The summed E-state index contributed by atoms with van der Waals surface area (Å²) in [4.78, 5) is 28.7. The van der Waals surface area contributed by atoms with E-state index in [4.69, 9.17) is 21.1 Å². The highest BCUT2D eigenvalue weighted by molar-refractivity contribution is 6.33. The molecule has 0 saturated heterocycles. The number of nitrogens with one attached hydrogen (secondary N) is 2. The van der Waals surface area contributed by atoms with E-state index in [0.29, 0.717) is 39.0 Å². The lowest BCUT2D eigenvalue weighted by Gasteiger charge is -2.12. The Morgan fingerprint density at radius 2 is 1.83 bits per heavy atom. The molecule has 0 aliphatic rings. The van der Waals surface area contributed by atoms with Gasteiger partial charge in [0.15, 0.2) is 18.1 Å². The highest BCUT2D eigenvalue weighted by Crippen LogP contribution is 2.30. The van der Waals surface area contributed by atoms with E-state index in [1.54, 1.807) is 49.4 Å². The van der Waals surface area contributed by atoms with Crippen molar-refractivity contribution in [2.75, 3.05) is 19.0 Å². The molecule has 0 saturated carbocycles. The molecule has 1 amide bonds. The summed E-state index contributed by atoms with van der Waals surface area (Å²) >= 11 is 6.07. The number of nitriles is 1. The third-order valence-electron chi connectivity index (χ3n) is 5.49. The van der Waals surface area contributed by atoms with Crippen LogP contribution >= 0.6 is 11.6 Å². The Kier molecular flexibility index (Phi) is 7.38. The van der Waals surface area contributed by atoms with Gasteiger partial charge in [-0.05, 0) is 48.9 Å². The Morgan fingerprint density at radius 3 is 2.58 bits per heavy atom. The first-order chi connectivity index (χ1) is 17.4. The van der Waals surface area contributed by atoms with Gasteiger partial charge in [-0.2, -0.15) is 5.26 Å². The minimum Gasteiger partial charge on any atom is -0.493 e. The van der Waals surface area contributed by atoms with Gasteiger partial charge < -0.3 is 19.8 Å². The van der Waals surface area contributed by atoms with Crippen LogP contribution in [-0.2, 0) is 4.79 Å². The first-order valence-electron chi connectivity index (χ1n) is 11.0. The van der Waals surface area contributed by atoms with Crippen molar-refractivity contribution in [1.82, 2.24) is 4.98 Å². The molecule has 4 aromatic rings. The summed E-state index contributed by atoms with van der Waals surface area (Å²) in [6.45, 7) is 1.54. The summed E-state index contributed by atoms with van der Waals surface area (Å²) in [7, 11) is 1.46. The van der Waals surface area contributed by atoms with Gasteiger partial charge in [-0.3, -0.25) is 9.59 Å². The maximum Gasteiger partial charge on any atom is 0.262 e. The number of benzene rings is 3. The summed E-state index contributed by atoms with van der Waals surface area (Å²) in [5, 5.41) is 13.6. The second-order valence-electron chi connectivity index (χ2n) is 7.90. The molecule has 8 heteroatoms. The molecule has 0 fully saturated rings. The Hall–Kier alpha value is -4.54. The molecule has 180 valence electrons. The fourth-order valence-electron chi connectivity index (χ4n) is 3.80. The van der Waals surface area contributed by atoms with Gasteiger partial charge in [0, 0.05) is 16.6 Å². The maximum atomic E-state index is 13.2. The van der Waals surface area contributed by atoms with Crippen LogP contribution in [0.2, 0.25) is 5.02 Å². The Balaban J connectivity index is 1.52. The molecule has 3 aromatic carbocycles. The SMILES string of the molecule is COc1cc(/C=C(\C#N)C(=O)c2c(C)[nH]c3ccccc23)ccc1OCC(=O)Nc1ccccc1Cl. The van der Waals surface area contributed by atoms with E-state index in [-0.39, 0.29) is 23.9 Å². The zero-order valence-corrected chi connectivity index (χ0v) is 20.3. The molecular weight excluding hydrogens is 478 g/mol. The Morgan fingerprint density at radius 1 is 1.08 bits per heavy atom. The van der Waals surface area contributed by atoms with Crippen LogP contribution in [0.4, 0.5) is 5.69 Å². The van der Waals surface area contributed by atoms with E-state index in [9.17, 15) is 14.9 Å². The van der Waals surface area contributed by atoms with Crippen molar-refractivity contribution >= 4 is 46.0 Å². The Labute approximate surface area is 212 Å². The number of hydrogen-bond donors (Lipinski definition) is 2. The molecule has 4 rings (SSSR count). The second-order valence-corrected chi connectivity index (χ2v) is 8.30. The zero-order chi connectivity index (χ0) is 25.7. The van der Waals surface area contributed by atoms with Crippen LogP contribution in [0.5, 0.6) is 11.5 Å². The zero-order valence-electron chi connectivity index (χ0n) is 19.6. The van der Waals surface area contributed by atoms with Crippen LogP contribution in [0, 0.1) is 18.3 Å². The summed E-state index contributed by atoms with van der Waals surface area (Å²) in [6, 6.07) is 21.3. The number of ketones is 1. The molecule has 1 aromatic heterocycles. The first-order valence-corrected chi connectivity index (χ1v) is 11.4. The standard InChI is InChI=1S/C28H22ClN3O4/c1-17-27(20-7-3-5-9-22(20)31-17)28(34)19(15-30)13-18-11-12-24(25(14-18)35-2)36-16-26(33)32-23-10-6-4-8-21(23)29/h3-14,31H,16H2,1-2H3,(H,32,33)/b19-13+. The fourth-order valence-corrected chi connectivity index (χ4v) is 3.99. The summed E-state index contributed by atoms with van der Waals surface area (Å²) in [6.07, 6.45) is 1.50. The van der Waals surface area contributed by atoms with Crippen LogP contribution in [-0.4, -0.2) is 30.4 Å². The van der Waals surface area contributed by atoms with Crippen molar-refractivity contribution in [2.45, 2.75) is 6.92 Å². The molecule has 0 aliphatic carbocycles. The Bertz CT molecular complexity index is 1530. The maximum absolute atomic E-state index is 13.2. The minimum absolute atomic E-state index is 0.0160. The number of carbonyl (C=O) groups is 2. The van der Waals surface area contributed by atoms with Gasteiger partial charge in [-0.1, -0.05) is 48.0 Å². The number of halogens is 1. The highest BCUT2D eigenvalue weighted by Gasteiger charge is 2.20. The van der Waals surface area contributed by atoms with E-state index in [0.717, 1.165) is 10.9 Å². The number of methoxy groups -OCH3 is 1. The van der Waals surface area contributed by atoms with E-state index in [2.05, 4.69) is 10.3 Å². The molecule has 7 nitrogen and oxygen atoms in total. The van der Waals surface area contributed by atoms with Gasteiger partial charge in [-0.25, -0.2) is 0 Å². The first kappa shape index (κ1) is 24.6. The predicted molar refractivity (Wildman–Crippen MR) is 140 cm³/mol. The van der Waals surface area contributed by atoms with E-state index < -0.39 is 0 Å². The molecule has 0 atom stereocenters. The van der Waals surface area contributed by atoms with Crippen LogP contribution < -0.4 is 14.8 Å². The van der Waals surface area contributed by atoms with Crippen molar-refractivity contribution in [3.63, 3.8) is 0 Å². The number of anilines is 1. The number of aromatic amines is 1. The number of fused-ring (bicyclic) bond motifs is 1. The normalized spacial score (nSPS) is 11.1. The third-order valence-corrected chi connectivity index (χ3v) is 5.82. The number of rotatable bonds is 8. The summed E-state index contributed by atoms with van der Waals surface area (Å²) < 4.78 is 11.0. The average Bonchev–Trinajstić information content (AvgIpc) is 3.22. The van der Waals surface area contributed by atoms with Crippen LogP contribution in [0.1, 0.15) is 21.6 Å². The average molecular weight is 500 g/mol. The summed E-state index contributed by atoms with van der Waals surface area (Å²) in [5.74, 6) is -0.0767. The van der Waals surface area contributed by atoms with Gasteiger partial charge in [0.05, 0.1) is 23.4 Å². The lowest BCUT2D eigenvalue weighted by molar-refractivity contribution is -0.118. The minimum atomic E-state index is -0.388. The van der Waals surface area contributed by atoms with Crippen molar-refractivity contribution in [3.8, 4) is 17.6 Å². The predicted octanol–water partition coefficient (Wildman–Crippen LogP) is 5.95. The lowest BCUT2D eigenvalue weighted by Crippen LogP contribution is -2.20. The third kappa shape index (κ3) is 5.24. The molecular formula is C28H22ClN3O4. The molecule has 0 bridgehead atoms. The van der Waals surface area contributed by atoms with E-state index in [1.165, 1.54) is 13.2 Å². The van der Waals surface area contributed by atoms with Crippen LogP contribution in [0.3, 0.4) is 0 Å². The van der Waals surface area contributed by atoms with E-state index >= 15 is 0 Å². The van der Waals surface area contributed by atoms with Gasteiger partial charge >= 0.3 is 0 Å². The number of ether oxygens (including phenoxy) is 2. The van der Waals surface area contributed by atoms with Crippen LogP contribution in [0.25, 0.3) is 17.0 Å². The molecule has 0 radical (unpaired) electrons. The topological polar surface area (TPSA) is 104 Å². The quantitative estimate of drug-likeness (QED) is 0.177. The molecule has 1 heterocycles.